The molecule has 0 aromatic carbocycles. The Morgan fingerprint density at radius 1 is 1.58 bits per heavy atom. The average Bonchev–Trinajstić information content (AvgIpc) is 3.34. The van der Waals surface area contributed by atoms with Crippen molar-refractivity contribution in [3.63, 3.8) is 0 Å². The van der Waals surface area contributed by atoms with Crippen LogP contribution in [0.4, 0.5) is 4.79 Å². The first kappa shape index (κ1) is 16.5. The highest BCUT2D eigenvalue weighted by Gasteiger charge is 2.34. The summed E-state index contributed by atoms with van der Waals surface area (Å²) >= 11 is 0. The summed E-state index contributed by atoms with van der Waals surface area (Å²) in [5, 5.41) is 6.98. The lowest BCUT2D eigenvalue weighted by molar-refractivity contribution is 0.144. The third-order valence-corrected chi connectivity index (χ3v) is 4.12. The molecule has 0 aliphatic carbocycles. The zero-order valence-electron chi connectivity index (χ0n) is 13.9. The number of urea groups is 1. The number of carbonyl (C=O) groups excluding carboxylic acids is 1. The van der Waals surface area contributed by atoms with Crippen molar-refractivity contribution in [2.75, 3.05) is 20.3 Å². The summed E-state index contributed by atoms with van der Waals surface area (Å²) in [6.07, 6.45) is 3.99. The molecule has 2 atom stereocenters. The van der Waals surface area contributed by atoms with E-state index in [1.54, 1.807) is 24.3 Å². The molecule has 1 fully saturated rings. The van der Waals surface area contributed by atoms with Crippen LogP contribution in [0.2, 0.25) is 0 Å². The molecule has 1 aliphatic rings. The van der Waals surface area contributed by atoms with Crippen LogP contribution < -0.4 is 5.32 Å². The lowest BCUT2D eigenvalue weighted by atomic mass is 10.2. The van der Waals surface area contributed by atoms with E-state index in [9.17, 15) is 4.79 Å². The molecule has 2 aromatic rings. The molecule has 3 heterocycles. The van der Waals surface area contributed by atoms with Crippen molar-refractivity contribution in [3.8, 4) is 0 Å². The summed E-state index contributed by atoms with van der Waals surface area (Å²) in [6, 6.07) is 2.93. The van der Waals surface area contributed by atoms with Gasteiger partial charge in [-0.05, 0) is 25.0 Å². The molecule has 130 valence electrons. The molecule has 2 aromatic heterocycles. The van der Waals surface area contributed by atoms with E-state index in [-0.39, 0.29) is 18.1 Å². The Morgan fingerprint density at radius 3 is 3.12 bits per heavy atom. The molecule has 24 heavy (non-hydrogen) atoms. The largest absolute Gasteiger partial charge is 0.467 e. The van der Waals surface area contributed by atoms with Crippen molar-refractivity contribution in [1.82, 2.24) is 20.4 Å². The molecule has 8 nitrogen and oxygen atoms in total. The highest BCUT2D eigenvalue weighted by Crippen LogP contribution is 2.30. The first-order chi connectivity index (χ1) is 11.7. The van der Waals surface area contributed by atoms with E-state index < -0.39 is 0 Å². The van der Waals surface area contributed by atoms with Crippen molar-refractivity contribution in [3.05, 3.63) is 35.9 Å². The number of ether oxygens (including phenoxy) is 1. The quantitative estimate of drug-likeness (QED) is 0.872. The first-order valence-electron chi connectivity index (χ1n) is 8.14. The maximum atomic E-state index is 12.7. The average molecular weight is 334 g/mol. The Balaban J connectivity index is 1.70. The van der Waals surface area contributed by atoms with Crippen LogP contribution in [-0.4, -0.2) is 41.3 Å². The second-order valence-electron chi connectivity index (χ2n) is 5.72. The predicted octanol–water partition coefficient (Wildman–Crippen LogP) is 2.46. The SMILES string of the molecule is CCc1nc(C2CCCN2C(=O)NC(COC)c2ccco2)no1. The van der Waals surface area contributed by atoms with Gasteiger partial charge in [0.05, 0.1) is 18.9 Å². The van der Waals surface area contributed by atoms with Gasteiger partial charge in [-0.15, -0.1) is 0 Å². The number of aromatic nitrogens is 2. The summed E-state index contributed by atoms with van der Waals surface area (Å²) in [5.41, 5.74) is 0. The smallest absolute Gasteiger partial charge is 0.318 e. The number of methoxy groups -OCH3 is 1. The third kappa shape index (κ3) is 3.43. The van der Waals surface area contributed by atoms with Gasteiger partial charge in [-0.25, -0.2) is 4.79 Å². The van der Waals surface area contributed by atoms with Gasteiger partial charge >= 0.3 is 6.03 Å². The van der Waals surface area contributed by atoms with E-state index in [0.717, 1.165) is 12.8 Å². The van der Waals surface area contributed by atoms with Crippen LogP contribution in [0.25, 0.3) is 0 Å². The lowest BCUT2D eigenvalue weighted by Crippen LogP contribution is -2.42. The van der Waals surface area contributed by atoms with Gasteiger partial charge in [-0.2, -0.15) is 4.98 Å². The zero-order valence-corrected chi connectivity index (χ0v) is 13.9. The van der Waals surface area contributed by atoms with Crippen LogP contribution in [0.15, 0.2) is 27.3 Å². The highest BCUT2D eigenvalue weighted by molar-refractivity contribution is 5.75. The number of rotatable bonds is 6. The fourth-order valence-corrected chi connectivity index (χ4v) is 2.91. The number of hydrogen-bond acceptors (Lipinski definition) is 6. The van der Waals surface area contributed by atoms with Gasteiger partial charge in [0, 0.05) is 20.1 Å². The van der Waals surface area contributed by atoms with Gasteiger partial charge in [0.25, 0.3) is 0 Å². The number of likely N-dealkylation sites (tertiary alicyclic amines) is 1. The Hall–Kier alpha value is -2.35. The normalized spacial score (nSPS) is 18.8. The number of amides is 2. The summed E-state index contributed by atoms with van der Waals surface area (Å²) in [6.45, 7) is 2.94. The summed E-state index contributed by atoms with van der Waals surface area (Å²) in [7, 11) is 1.59. The molecule has 3 rings (SSSR count). The Labute approximate surface area is 140 Å². The fourth-order valence-electron chi connectivity index (χ4n) is 2.91. The molecular formula is C16H22N4O4. The fraction of sp³-hybridized carbons (Fsp3) is 0.562. The predicted molar refractivity (Wildman–Crippen MR) is 84.2 cm³/mol. The molecule has 2 unspecified atom stereocenters. The van der Waals surface area contributed by atoms with E-state index >= 15 is 0 Å². The van der Waals surface area contributed by atoms with Crippen molar-refractivity contribution in [1.29, 1.82) is 0 Å². The van der Waals surface area contributed by atoms with Gasteiger partial charge < -0.3 is 23.9 Å². The lowest BCUT2D eigenvalue weighted by Gasteiger charge is -2.25. The van der Waals surface area contributed by atoms with Gasteiger partial charge in [0.1, 0.15) is 11.8 Å². The Bertz CT molecular complexity index is 655. The summed E-state index contributed by atoms with van der Waals surface area (Å²) in [4.78, 5) is 18.8. The minimum absolute atomic E-state index is 0.158. The standard InChI is InChI=1S/C16H22N4O4/c1-3-14-18-15(19-24-14)12-6-4-8-20(12)16(21)17-11(10-22-2)13-7-5-9-23-13/h5,7,9,11-12H,3-4,6,8,10H2,1-2H3,(H,17,21). The molecule has 1 aliphatic heterocycles. The number of nitrogens with zero attached hydrogens (tertiary/aromatic N) is 3. The van der Waals surface area contributed by atoms with Gasteiger partial charge in [0.15, 0.2) is 5.82 Å². The molecule has 0 saturated carbocycles. The Kier molecular flexibility index (Phi) is 5.14. The second kappa shape index (κ2) is 7.48. The highest BCUT2D eigenvalue weighted by atomic mass is 16.5. The van der Waals surface area contributed by atoms with Crippen molar-refractivity contribution in [2.45, 2.75) is 38.3 Å². The summed E-state index contributed by atoms with van der Waals surface area (Å²) < 4.78 is 15.8. The van der Waals surface area contributed by atoms with Crippen LogP contribution >= 0.6 is 0 Å². The number of furan rings is 1. The molecular weight excluding hydrogens is 312 g/mol. The minimum atomic E-state index is -0.338. The molecule has 0 radical (unpaired) electrons. The first-order valence-corrected chi connectivity index (χ1v) is 8.14. The number of nitrogens with one attached hydrogen (secondary N) is 1. The third-order valence-electron chi connectivity index (χ3n) is 4.12. The van der Waals surface area contributed by atoms with E-state index in [2.05, 4.69) is 15.5 Å². The van der Waals surface area contributed by atoms with Gasteiger partial charge in [0.2, 0.25) is 5.89 Å². The number of carbonyl (C=O) groups is 1. The molecule has 8 heteroatoms. The van der Waals surface area contributed by atoms with E-state index in [1.165, 1.54) is 0 Å². The molecule has 0 spiro atoms. The van der Waals surface area contributed by atoms with Gasteiger partial charge in [-0.3, -0.25) is 0 Å². The van der Waals surface area contributed by atoms with Crippen LogP contribution in [0.3, 0.4) is 0 Å². The second-order valence-corrected chi connectivity index (χ2v) is 5.72. The molecule has 2 amide bonds. The maximum absolute atomic E-state index is 12.7. The maximum Gasteiger partial charge on any atom is 0.318 e. The molecule has 1 N–H and O–H groups in total. The monoisotopic (exact) mass is 334 g/mol. The minimum Gasteiger partial charge on any atom is -0.467 e. The van der Waals surface area contributed by atoms with Gasteiger partial charge in [-0.1, -0.05) is 12.1 Å². The van der Waals surface area contributed by atoms with E-state index in [1.807, 2.05) is 13.0 Å². The summed E-state index contributed by atoms with van der Waals surface area (Å²) in [5.74, 6) is 1.82. The Morgan fingerprint density at radius 2 is 2.46 bits per heavy atom. The molecule has 1 saturated heterocycles. The topological polar surface area (TPSA) is 93.6 Å². The van der Waals surface area contributed by atoms with Crippen LogP contribution in [-0.2, 0) is 11.2 Å². The van der Waals surface area contributed by atoms with Crippen molar-refractivity contribution < 1.29 is 18.5 Å². The van der Waals surface area contributed by atoms with Crippen LogP contribution in [0, 0.1) is 0 Å². The van der Waals surface area contributed by atoms with E-state index in [4.69, 9.17) is 13.7 Å². The zero-order chi connectivity index (χ0) is 16.9. The van der Waals surface area contributed by atoms with E-state index in [0.29, 0.717) is 37.0 Å². The number of aryl methyl sites for hydroxylation is 1. The molecule has 0 bridgehead atoms. The van der Waals surface area contributed by atoms with Crippen molar-refractivity contribution in [2.24, 2.45) is 0 Å². The number of hydrogen-bond donors (Lipinski definition) is 1. The van der Waals surface area contributed by atoms with Crippen molar-refractivity contribution >= 4 is 6.03 Å². The van der Waals surface area contributed by atoms with Crippen LogP contribution in [0.1, 0.15) is 49.3 Å². The van der Waals surface area contributed by atoms with Crippen LogP contribution in [0.5, 0.6) is 0 Å².